The van der Waals surface area contributed by atoms with Gasteiger partial charge in [0.25, 0.3) is 5.91 Å². The predicted molar refractivity (Wildman–Crippen MR) is 75.1 cm³/mol. The largest absolute Gasteiger partial charge is 0.392 e. The number of amides is 1. The van der Waals surface area contributed by atoms with Gasteiger partial charge >= 0.3 is 10.2 Å². The van der Waals surface area contributed by atoms with E-state index in [1.807, 2.05) is 0 Å². The van der Waals surface area contributed by atoms with Crippen LogP contribution in [0.1, 0.15) is 15.9 Å². The van der Waals surface area contributed by atoms with Crippen LogP contribution in [-0.2, 0) is 16.8 Å². The lowest BCUT2D eigenvalue weighted by Crippen LogP contribution is -2.12. The molecule has 0 bridgehead atoms. The normalized spacial score (nSPS) is 11.1. The van der Waals surface area contributed by atoms with E-state index in [0.717, 1.165) is 12.1 Å². The second-order valence-electron chi connectivity index (χ2n) is 4.27. The number of nitrogens with one attached hydrogen (secondary N) is 1. The van der Waals surface area contributed by atoms with Gasteiger partial charge in [0, 0.05) is 11.3 Å². The number of anilines is 1. The molecule has 2 aromatic carbocycles. The number of halogens is 1. The average molecular weight is 309 g/mol. The van der Waals surface area contributed by atoms with Gasteiger partial charge in [0.15, 0.2) is 0 Å². The molecule has 0 heterocycles. The van der Waals surface area contributed by atoms with Gasteiger partial charge in [-0.1, -0.05) is 12.1 Å². The first-order chi connectivity index (χ1) is 9.90. The van der Waals surface area contributed by atoms with Gasteiger partial charge in [-0.25, -0.2) is 0 Å². The van der Waals surface area contributed by atoms with Crippen molar-refractivity contribution in [3.05, 3.63) is 59.7 Å². The van der Waals surface area contributed by atoms with Gasteiger partial charge < -0.3 is 10.4 Å². The highest BCUT2D eigenvalue weighted by atomic mass is 32.3. The van der Waals surface area contributed by atoms with E-state index < -0.39 is 21.0 Å². The van der Waals surface area contributed by atoms with Crippen molar-refractivity contribution in [1.82, 2.24) is 0 Å². The van der Waals surface area contributed by atoms with Gasteiger partial charge in [-0.15, -0.1) is 3.89 Å². The molecule has 0 radical (unpaired) electrons. The number of aliphatic hydroxyl groups excluding tert-OH is 1. The fourth-order valence-electron chi connectivity index (χ4n) is 1.72. The fourth-order valence-corrected chi connectivity index (χ4v) is 2.18. The van der Waals surface area contributed by atoms with Crippen LogP contribution < -0.4 is 5.32 Å². The SMILES string of the molecule is O=C(Nc1cccc(CO)c1)c1ccc(S(=O)(=O)F)cc1. The molecule has 0 spiro atoms. The first kappa shape index (κ1) is 15.1. The van der Waals surface area contributed by atoms with E-state index in [1.54, 1.807) is 24.3 Å². The van der Waals surface area contributed by atoms with Crippen LogP contribution in [0.3, 0.4) is 0 Å². The Hall–Kier alpha value is -2.25. The molecule has 7 heteroatoms. The van der Waals surface area contributed by atoms with Gasteiger partial charge in [0.05, 0.1) is 11.5 Å². The van der Waals surface area contributed by atoms with Crippen molar-refractivity contribution in [2.75, 3.05) is 5.32 Å². The number of benzene rings is 2. The fraction of sp³-hybridized carbons (Fsp3) is 0.0714. The summed E-state index contributed by atoms with van der Waals surface area (Å²) in [7, 11) is -4.77. The quantitative estimate of drug-likeness (QED) is 0.847. The summed E-state index contributed by atoms with van der Waals surface area (Å²) in [5, 5.41) is 11.6. The highest BCUT2D eigenvalue weighted by Crippen LogP contribution is 2.15. The molecule has 0 aromatic heterocycles. The average Bonchev–Trinajstić information content (AvgIpc) is 2.46. The van der Waals surface area contributed by atoms with Gasteiger partial charge in [-0.2, -0.15) is 8.42 Å². The van der Waals surface area contributed by atoms with Gasteiger partial charge in [0.2, 0.25) is 0 Å². The van der Waals surface area contributed by atoms with Gasteiger partial charge in [0.1, 0.15) is 0 Å². The lowest BCUT2D eigenvalue weighted by Gasteiger charge is -2.06. The number of carbonyl (C=O) groups is 1. The molecule has 2 rings (SSSR count). The number of hydrogen-bond donors (Lipinski definition) is 2. The van der Waals surface area contributed by atoms with E-state index in [2.05, 4.69) is 5.32 Å². The number of carbonyl (C=O) groups excluding carboxylic acids is 1. The first-order valence-corrected chi connectivity index (χ1v) is 7.34. The molecule has 2 N–H and O–H groups in total. The number of hydrogen-bond acceptors (Lipinski definition) is 4. The van der Waals surface area contributed by atoms with E-state index in [-0.39, 0.29) is 12.2 Å². The summed E-state index contributed by atoms with van der Waals surface area (Å²) in [6.07, 6.45) is 0. The van der Waals surface area contributed by atoms with Crippen LogP contribution >= 0.6 is 0 Å². The summed E-state index contributed by atoms with van der Waals surface area (Å²) in [5.74, 6) is -0.465. The Balaban J connectivity index is 2.16. The standard InChI is InChI=1S/C14H12FNO4S/c15-21(19,20)13-6-4-11(5-7-13)14(18)16-12-3-1-2-10(8-12)9-17/h1-8,17H,9H2,(H,16,18). The van der Waals surface area contributed by atoms with Crippen LogP contribution in [0.15, 0.2) is 53.4 Å². The first-order valence-electron chi connectivity index (χ1n) is 5.96. The van der Waals surface area contributed by atoms with E-state index >= 15 is 0 Å². The van der Waals surface area contributed by atoms with Gasteiger partial charge in [-0.3, -0.25) is 4.79 Å². The molecule has 0 aliphatic heterocycles. The van der Waals surface area contributed by atoms with Crippen molar-refractivity contribution < 1.29 is 22.2 Å². The maximum atomic E-state index is 12.7. The van der Waals surface area contributed by atoms with Crippen LogP contribution in [0.5, 0.6) is 0 Å². The van der Waals surface area contributed by atoms with Crippen molar-refractivity contribution in [3.8, 4) is 0 Å². The maximum absolute atomic E-state index is 12.7. The van der Waals surface area contributed by atoms with Crippen molar-refractivity contribution in [2.24, 2.45) is 0 Å². The van der Waals surface area contributed by atoms with Crippen LogP contribution in [0, 0.1) is 0 Å². The Bertz CT molecular complexity index is 757. The van der Waals surface area contributed by atoms with Crippen LogP contribution in [0.2, 0.25) is 0 Å². The highest BCUT2D eigenvalue weighted by molar-refractivity contribution is 7.86. The van der Waals surface area contributed by atoms with E-state index in [4.69, 9.17) is 5.11 Å². The summed E-state index contributed by atoms with van der Waals surface area (Å²) < 4.78 is 34.1. The van der Waals surface area contributed by atoms with Crippen LogP contribution in [0.25, 0.3) is 0 Å². The molecule has 110 valence electrons. The molecular formula is C14H12FNO4S. The Morgan fingerprint density at radius 1 is 1.14 bits per heavy atom. The Morgan fingerprint density at radius 3 is 2.38 bits per heavy atom. The zero-order chi connectivity index (χ0) is 15.5. The zero-order valence-corrected chi connectivity index (χ0v) is 11.6. The smallest absolute Gasteiger partial charge is 0.332 e. The topological polar surface area (TPSA) is 83.5 Å². The molecule has 5 nitrogen and oxygen atoms in total. The Labute approximate surface area is 121 Å². The van der Waals surface area contributed by atoms with Crippen LogP contribution in [0.4, 0.5) is 9.57 Å². The summed E-state index contributed by atoms with van der Waals surface area (Å²) in [6, 6.07) is 11.1. The second kappa shape index (κ2) is 6.02. The summed E-state index contributed by atoms with van der Waals surface area (Å²) in [5.41, 5.74) is 1.33. The van der Waals surface area contributed by atoms with Crippen molar-refractivity contribution >= 4 is 21.8 Å². The number of aliphatic hydroxyl groups is 1. The Morgan fingerprint density at radius 2 is 1.81 bits per heavy atom. The molecule has 0 fully saturated rings. The third-order valence-corrected chi connectivity index (χ3v) is 3.60. The van der Waals surface area contributed by atoms with Crippen molar-refractivity contribution in [3.63, 3.8) is 0 Å². The molecule has 2 aromatic rings. The second-order valence-corrected chi connectivity index (χ2v) is 5.62. The van der Waals surface area contributed by atoms with E-state index in [1.165, 1.54) is 12.1 Å². The zero-order valence-electron chi connectivity index (χ0n) is 10.8. The molecule has 0 aliphatic rings. The third-order valence-electron chi connectivity index (χ3n) is 2.77. The highest BCUT2D eigenvalue weighted by Gasteiger charge is 2.13. The molecule has 0 saturated heterocycles. The minimum absolute atomic E-state index is 0.146. The van der Waals surface area contributed by atoms with E-state index in [9.17, 15) is 17.1 Å². The molecule has 0 saturated carbocycles. The lowest BCUT2D eigenvalue weighted by atomic mass is 10.2. The summed E-state index contributed by atoms with van der Waals surface area (Å²) in [6.45, 7) is -0.146. The van der Waals surface area contributed by atoms with Gasteiger partial charge in [-0.05, 0) is 42.0 Å². The van der Waals surface area contributed by atoms with Crippen LogP contribution in [-0.4, -0.2) is 19.4 Å². The molecule has 0 atom stereocenters. The number of rotatable bonds is 4. The minimum atomic E-state index is -4.77. The maximum Gasteiger partial charge on any atom is 0.332 e. The van der Waals surface area contributed by atoms with Crippen molar-refractivity contribution in [2.45, 2.75) is 11.5 Å². The third kappa shape index (κ3) is 3.87. The van der Waals surface area contributed by atoms with Crippen molar-refractivity contribution in [1.29, 1.82) is 0 Å². The molecular weight excluding hydrogens is 297 g/mol. The minimum Gasteiger partial charge on any atom is -0.392 e. The predicted octanol–water partition coefficient (Wildman–Crippen LogP) is 2.09. The van der Waals surface area contributed by atoms with E-state index in [0.29, 0.717) is 11.3 Å². The molecule has 0 aliphatic carbocycles. The summed E-state index contributed by atoms with van der Waals surface area (Å²) in [4.78, 5) is 11.5. The Kier molecular flexibility index (Phi) is 4.35. The molecule has 1 amide bonds. The molecule has 21 heavy (non-hydrogen) atoms. The molecule has 0 unspecified atom stereocenters. The summed E-state index contributed by atoms with van der Waals surface area (Å²) >= 11 is 0. The lowest BCUT2D eigenvalue weighted by molar-refractivity contribution is 0.102. The monoisotopic (exact) mass is 309 g/mol.